The number of likely N-dealkylation sites (N-methyl/N-ethyl adjacent to an activating group) is 1. The fourth-order valence-electron chi connectivity index (χ4n) is 1.92. The molecule has 0 radical (unpaired) electrons. The van der Waals surface area contributed by atoms with E-state index < -0.39 is 0 Å². The first-order valence-electron chi connectivity index (χ1n) is 5.67. The summed E-state index contributed by atoms with van der Waals surface area (Å²) in [6, 6.07) is 1.97. The summed E-state index contributed by atoms with van der Waals surface area (Å²) >= 11 is 0. The first kappa shape index (κ1) is 11.6. The topological polar surface area (TPSA) is 50.5 Å². The van der Waals surface area contributed by atoms with Crippen molar-refractivity contribution in [3.05, 3.63) is 17.5 Å². The molecule has 2 heterocycles. The van der Waals surface area contributed by atoms with Gasteiger partial charge < -0.3 is 14.6 Å². The van der Waals surface area contributed by atoms with E-state index in [2.05, 4.69) is 22.4 Å². The smallest absolute Gasteiger partial charge is 0.133 e. The van der Waals surface area contributed by atoms with Crippen LogP contribution in [0.25, 0.3) is 0 Å². The van der Waals surface area contributed by atoms with Crippen molar-refractivity contribution in [1.82, 2.24) is 15.4 Å². The van der Waals surface area contributed by atoms with Gasteiger partial charge in [0.1, 0.15) is 5.76 Å². The van der Waals surface area contributed by atoms with Crippen molar-refractivity contribution in [3.63, 3.8) is 0 Å². The van der Waals surface area contributed by atoms with Gasteiger partial charge in [-0.25, -0.2) is 0 Å². The van der Waals surface area contributed by atoms with Crippen LogP contribution in [0.15, 0.2) is 10.6 Å². The predicted molar refractivity (Wildman–Crippen MR) is 60.2 cm³/mol. The number of rotatable bonds is 4. The number of nitrogens with zero attached hydrogens (tertiary/aromatic N) is 2. The fraction of sp³-hybridized carbons (Fsp3) is 0.727. The lowest BCUT2D eigenvalue weighted by atomic mass is 10.2. The summed E-state index contributed by atoms with van der Waals surface area (Å²) < 4.78 is 10.7. The molecule has 1 aliphatic rings. The minimum absolute atomic E-state index is 0.284. The first-order chi connectivity index (χ1) is 7.74. The molecule has 0 spiro atoms. The molecule has 0 amide bonds. The molecule has 1 saturated heterocycles. The second-order valence-electron chi connectivity index (χ2n) is 4.32. The summed E-state index contributed by atoms with van der Waals surface area (Å²) in [4.78, 5) is 2.20. The van der Waals surface area contributed by atoms with Crippen LogP contribution in [0.4, 0.5) is 0 Å². The number of hydrogen-bond acceptors (Lipinski definition) is 5. The van der Waals surface area contributed by atoms with E-state index in [-0.39, 0.29) is 6.10 Å². The lowest BCUT2D eigenvalue weighted by molar-refractivity contribution is 0.00856. The highest BCUT2D eigenvalue weighted by Gasteiger charge is 2.16. The summed E-state index contributed by atoms with van der Waals surface area (Å²) in [6.07, 6.45) is 0.284. The Kier molecular flexibility index (Phi) is 3.93. The largest absolute Gasteiger partial charge is 0.374 e. The molecule has 1 fully saturated rings. The van der Waals surface area contributed by atoms with Crippen LogP contribution in [0.3, 0.4) is 0 Å². The molecule has 0 aliphatic carbocycles. The van der Waals surface area contributed by atoms with Gasteiger partial charge in [-0.05, 0) is 14.0 Å². The maximum absolute atomic E-state index is 5.64. The van der Waals surface area contributed by atoms with Crippen LogP contribution in [0.5, 0.6) is 0 Å². The second-order valence-corrected chi connectivity index (χ2v) is 4.32. The standard InChI is InChI=1S/C11H19N3O2/c1-9-5-10(13-16-9)7-14(2)8-11-6-12-3-4-15-11/h5,11-12H,3-4,6-8H2,1-2H3. The minimum atomic E-state index is 0.284. The predicted octanol–water partition coefficient (Wildman–Crippen LogP) is 0.403. The van der Waals surface area contributed by atoms with Crippen molar-refractivity contribution < 1.29 is 9.26 Å². The molecule has 1 N–H and O–H groups in total. The zero-order valence-corrected chi connectivity index (χ0v) is 9.90. The van der Waals surface area contributed by atoms with E-state index in [9.17, 15) is 0 Å². The van der Waals surface area contributed by atoms with Crippen molar-refractivity contribution in [2.75, 3.05) is 33.3 Å². The fourth-order valence-corrected chi connectivity index (χ4v) is 1.92. The third kappa shape index (κ3) is 3.30. The molecule has 1 unspecified atom stereocenters. The maximum atomic E-state index is 5.64. The molecular weight excluding hydrogens is 206 g/mol. The van der Waals surface area contributed by atoms with Crippen molar-refractivity contribution in [3.8, 4) is 0 Å². The molecule has 90 valence electrons. The zero-order chi connectivity index (χ0) is 11.4. The summed E-state index contributed by atoms with van der Waals surface area (Å²) in [5.74, 6) is 0.860. The van der Waals surface area contributed by atoms with E-state index in [1.54, 1.807) is 0 Å². The van der Waals surface area contributed by atoms with Crippen LogP contribution in [-0.4, -0.2) is 49.4 Å². The van der Waals surface area contributed by atoms with Gasteiger partial charge in [0.25, 0.3) is 0 Å². The summed E-state index contributed by atoms with van der Waals surface area (Å²) in [7, 11) is 2.07. The van der Waals surface area contributed by atoms with Crippen molar-refractivity contribution in [2.24, 2.45) is 0 Å². The van der Waals surface area contributed by atoms with Gasteiger partial charge >= 0.3 is 0 Å². The van der Waals surface area contributed by atoms with Crippen LogP contribution < -0.4 is 5.32 Å². The Morgan fingerprint density at radius 2 is 2.50 bits per heavy atom. The molecule has 2 rings (SSSR count). The summed E-state index contributed by atoms with van der Waals surface area (Å²) in [5.41, 5.74) is 0.976. The lowest BCUT2D eigenvalue weighted by Gasteiger charge is -2.27. The van der Waals surface area contributed by atoms with Gasteiger partial charge in [0.15, 0.2) is 0 Å². The number of aryl methyl sites for hydroxylation is 1. The number of ether oxygens (including phenoxy) is 1. The number of nitrogens with one attached hydrogen (secondary N) is 1. The van der Waals surface area contributed by atoms with E-state index in [0.717, 1.165) is 44.2 Å². The van der Waals surface area contributed by atoms with Crippen LogP contribution in [0, 0.1) is 6.92 Å². The van der Waals surface area contributed by atoms with E-state index in [0.29, 0.717) is 0 Å². The molecule has 0 bridgehead atoms. The third-order valence-corrected chi connectivity index (χ3v) is 2.63. The van der Waals surface area contributed by atoms with Gasteiger partial charge in [0.2, 0.25) is 0 Å². The van der Waals surface area contributed by atoms with E-state index in [1.807, 2.05) is 13.0 Å². The highest BCUT2D eigenvalue weighted by Crippen LogP contribution is 2.06. The molecule has 1 aromatic rings. The van der Waals surface area contributed by atoms with E-state index in [1.165, 1.54) is 0 Å². The zero-order valence-electron chi connectivity index (χ0n) is 9.90. The quantitative estimate of drug-likeness (QED) is 0.804. The van der Waals surface area contributed by atoms with Crippen molar-refractivity contribution in [1.29, 1.82) is 0 Å². The molecule has 0 aromatic carbocycles. The van der Waals surface area contributed by atoms with E-state index in [4.69, 9.17) is 9.26 Å². The van der Waals surface area contributed by atoms with E-state index >= 15 is 0 Å². The Labute approximate surface area is 95.7 Å². The van der Waals surface area contributed by atoms with Crippen LogP contribution >= 0.6 is 0 Å². The Balaban J connectivity index is 1.77. The average molecular weight is 225 g/mol. The maximum Gasteiger partial charge on any atom is 0.133 e. The Morgan fingerprint density at radius 3 is 3.12 bits per heavy atom. The van der Waals surface area contributed by atoms with Gasteiger partial charge in [-0.1, -0.05) is 5.16 Å². The SMILES string of the molecule is Cc1cc(CN(C)CC2CNCCO2)no1. The first-order valence-corrected chi connectivity index (χ1v) is 5.67. The number of aromatic nitrogens is 1. The highest BCUT2D eigenvalue weighted by molar-refractivity contribution is 5.03. The molecule has 1 atom stereocenters. The molecule has 5 nitrogen and oxygen atoms in total. The van der Waals surface area contributed by atoms with Crippen molar-refractivity contribution >= 4 is 0 Å². The van der Waals surface area contributed by atoms with Gasteiger partial charge in [-0.15, -0.1) is 0 Å². The van der Waals surface area contributed by atoms with Gasteiger partial charge in [-0.3, -0.25) is 4.90 Å². The molecule has 5 heteroatoms. The minimum Gasteiger partial charge on any atom is -0.374 e. The van der Waals surface area contributed by atoms with Gasteiger partial charge in [0, 0.05) is 32.2 Å². The summed E-state index contributed by atoms with van der Waals surface area (Å²) in [6.45, 7) is 6.33. The van der Waals surface area contributed by atoms with Crippen LogP contribution in [0.1, 0.15) is 11.5 Å². The number of morpholine rings is 1. The Bertz CT molecular complexity index is 321. The van der Waals surface area contributed by atoms with Crippen LogP contribution in [-0.2, 0) is 11.3 Å². The Morgan fingerprint density at radius 1 is 1.62 bits per heavy atom. The summed E-state index contributed by atoms with van der Waals surface area (Å²) in [5, 5.41) is 7.30. The van der Waals surface area contributed by atoms with Gasteiger partial charge in [-0.2, -0.15) is 0 Å². The third-order valence-electron chi connectivity index (χ3n) is 2.63. The van der Waals surface area contributed by atoms with Crippen LogP contribution in [0.2, 0.25) is 0 Å². The lowest BCUT2D eigenvalue weighted by Crippen LogP contribution is -2.44. The molecule has 1 aliphatic heterocycles. The average Bonchev–Trinajstić information content (AvgIpc) is 2.65. The molecule has 16 heavy (non-hydrogen) atoms. The molecule has 0 saturated carbocycles. The molecule has 1 aromatic heterocycles. The number of hydrogen-bond donors (Lipinski definition) is 1. The Hall–Kier alpha value is -0.910. The van der Waals surface area contributed by atoms with Gasteiger partial charge in [0.05, 0.1) is 18.4 Å². The second kappa shape index (κ2) is 5.43. The van der Waals surface area contributed by atoms with Crippen molar-refractivity contribution in [2.45, 2.75) is 19.6 Å². The monoisotopic (exact) mass is 225 g/mol. The normalized spacial score (nSPS) is 21.6. The molecular formula is C11H19N3O2. The highest BCUT2D eigenvalue weighted by atomic mass is 16.5.